The highest BCUT2D eigenvalue weighted by molar-refractivity contribution is 5.83. The third kappa shape index (κ3) is 2.58. The van der Waals surface area contributed by atoms with Crippen molar-refractivity contribution in [2.45, 2.75) is 32.7 Å². The first-order chi connectivity index (χ1) is 7.25. The van der Waals surface area contributed by atoms with Crippen LogP contribution in [0.4, 0.5) is 0 Å². The second-order valence-corrected chi connectivity index (χ2v) is 4.29. The summed E-state index contributed by atoms with van der Waals surface area (Å²) in [6.07, 6.45) is 2.21. The molecule has 2 heteroatoms. The van der Waals surface area contributed by atoms with Gasteiger partial charge in [0.2, 0.25) is 0 Å². The van der Waals surface area contributed by atoms with Crippen molar-refractivity contribution in [3.8, 4) is 0 Å². The van der Waals surface area contributed by atoms with Crippen molar-refractivity contribution in [1.82, 2.24) is 5.01 Å². The molecule has 1 heterocycles. The van der Waals surface area contributed by atoms with Gasteiger partial charge in [-0.1, -0.05) is 30.3 Å². The van der Waals surface area contributed by atoms with Crippen LogP contribution in [0.2, 0.25) is 0 Å². The number of nitrogens with zero attached hydrogens (tertiary/aromatic N) is 2. The van der Waals surface area contributed by atoms with Gasteiger partial charge in [-0.05, 0) is 25.8 Å². The Morgan fingerprint density at radius 2 is 2.07 bits per heavy atom. The summed E-state index contributed by atoms with van der Waals surface area (Å²) in [6, 6.07) is 11.2. The van der Waals surface area contributed by atoms with Gasteiger partial charge < -0.3 is 0 Å². The van der Waals surface area contributed by atoms with Crippen molar-refractivity contribution in [1.29, 1.82) is 0 Å². The lowest BCUT2D eigenvalue weighted by Gasteiger charge is -2.19. The highest BCUT2D eigenvalue weighted by Crippen LogP contribution is 2.15. The molecule has 1 atom stereocenters. The van der Waals surface area contributed by atoms with Crippen LogP contribution in [0.1, 0.15) is 25.8 Å². The molecule has 2 nitrogen and oxygen atoms in total. The van der Waals surface area contributed by atoms with E-state index >= 15 is 0 Å². The Morgan fingerprint density at radius 1 is 1.33 bits per heavy atom. The fourth-order valence-electron chi connectivity index (χ4n) is 2.05. The molecule has 80 valence electrons. The summed E-state index contributed by atoms with van der Waals surface area (Å²) in [6.45, 7) is 5.38. The van der Waals surface area contributed by atoms with Gasteiger partial charge in [-0.2, -0.15) is 5.10 Å². The topological polar surface area (TPSA) is 15.6 Å². The Balaban J connectivity index is 1.89. The fraction of sp³-hybridized carbons (Fsp3) is 0.462. The van der Waals surface area contributed by atoms with E-state index in [4.69, 9.17) is 0 Å². The number of hydrazone groups is 1. The van der Waals surface area contributed by atoms with Crippen molar-refractivity contribution in [2.24, 2.45) is 5.10 Å². The van der Waals surface area contributed by atoms with Crippen LogP contribution in [0, 0.1) is 0 Å². The molecule has 1 unspecified atom stereocenters. The van der Waals surface area contributed by atoms with E-state index in [1.54, 1.807) is 0 Å². The summed E-state index contributed by atoms with van der Waals surface area (Å²) < 4.78 is 0. The minimum absolute atomic E-state index is 0.578. The molecule has 1 aliphatic rings. The standard InChI is InChI=1S/C13H18N2/c1-11-10-12(2)15(14-11)9-8-13-6-4-3-5-7-13/h3-7,12H,8-10H2,1-2H3. The molecule has 0 saturated carbocycles. The van der Waals surface area contributed by atoms with Crippen LogP contribution in [-0.4, -0.2) is 23.3 Å². The predicted molar refractivity (Wildman–Crippen MR) is 64.0 cm³/mol. The summed E-state index contributed by atoms with van der Waals surface area (Å²) in [7, 11) is 0. The molecule has 1 aromatic carbocycles. The quantitative estimate of drug-likeness (QED) is 0.735. The van der Waals surface area contributed by atoms with E-state index in [0.717, 1.165) is 19.4 Å². The van der Waals surface area contributed by atoms with Gasteiger partial charge in [0.15, 0.2) is 0 Å². The molecule has 1 aromatic rings. The zero-order chi connectivity index (χ0) is 10.7. The van der Waals surface area contributed by atoms with Gasteiger partial charge in [0.1, 0.15) is 0 Å². The molecule has 2 rings (SSSR count). The molecule has 0 aliphatic carbocycles. The van der Waals surface area contributed by atoms with Crippen LogP contribution in [0.5, 0.6) is 0 Å². The lowest BCUT2D eigenvalue weighted by Crippen LogP contribution is -2.25. The Hall–Kier alpha value is -1.31. The first-order valence-electron chi connectivity index (χ1n) is 5.60. The van der Waals surface area contributed by atoms with Crippen LogP contribution < -0.4 is 0 Å². The lowest BCUT2D eigenvalue weighted by molar-refractivity contribution is 0.248. The summed E-state index contributed by atoms with van der Waals surface area (Å²) in [4.78, 5) is 0. The van der Waals surface area contributed by atoms with Gasteiger partial charge in [0.25, 0.3) is 0 Å². The van der Waals surface area contributed by atoms with Crippen molar-refractivity contribution < 1.29 is 0 Å². The van der Waals surface area contributed by atoms with Gasteiger partial charge in [-0.25, -0.2) is 0 Å². The molecule has 0 spiro atoms. The first kappa shape index (κ1) is 10.2. The van der Waals surface area contributed by atoms with Crippen LogP contribution in [0.15, 0.2) is 35.4 Å². The van der Waals surface area contributed by atoms with Crippen LogP contribution in [0.25, 0.3) is 0 Å². The van der Waals surface area contributed by atoms with E-state index < -0.39 is 0 Å². The fourth-order valence-corrected chi connectivity index (χ4v) is 2.05. The number of rotatable bonds is 3. The van der Waals surface area contributed by atoms with E-state index in [-0.39, 0.29) is 0 Å². The second-order valence-electron chi connectivity index (χ2n) is 4.29. The van der Waals surface area contributed by atoms with Crippen LogP contribution >= 0.6 is 0 Å². The first-order valence-corrected chi connectivity index (χ1v) is 5.60. The van der Waals surface area contributed by atoms with Gasteiger partial charge in [-0.15, -0.1) is 0 Å². The Morgan fingerprint density at radius 3 is 2.67 bits per heavy atom. The van der Waals surface area contributed by atoms with E-state index in [9.17, 15) is 0 Å². The minimum atomic E-state index is 0.578. The number of benzene rings is 1. The minimum Gasteiger partial charge on any atom is -0.294 e. The maximum atomic E-state index is 4.53. The smallest absolute Gasteiger partial charge is 0.0495 e. The van der Waals surface area contributed by atoms with Crippen LogP contribution in [-0.2, 0) is 6.42 Å². The average Bonchev–Trinajstić information content (AvgIpc) is 2.56. The van der Waals surface area contributed by atoms with Gasteiger partial charge >= 0.3 is 0 Å². The highest BCUT2D eigenvalue weighted by Gasteiger charge is 2.18. The van der Waals surface area contributed by atoms with E-state index in [1.807, 2.05) is 0 Å². The molecule has 0 radical (unpaired) electrons. The average molecular weight is 202 g/mol. The molecule has 0 bridgehead atoms. The van der Waals surface area contributed by atoms with E-state index in [2.05, 4.69) is 54.3 Å². The maximum Gasteiger partial charge on any atom is 0.0495 e. The monoisotopic (exact) mass is 202 g/mol. The van der Waals surface area contributed by atoms with Crippen molar-refractivity contribution in [3.05, 3.63) is 35.9 Å². The third-order valence-electron chi connectivity index (χ3n) is 2.87. The van der Waals surface area contributed by atoms with Gasteiger partial charge in [0, 0.05) is 24.7 Å². The number of hydrogen-bond acceptors (Lipinski definition) is 2. The molecule has 0 aromatic heterocycles. The molecular weight excluding hydrogens is 184 g/mol. The van der Waals surface area contributed by atoms with E-state index in [0.29, 0.717) is 6.04 Å². The Kier molecular flexibility index (Phi) is 3.05. The molecule has 0 amide bonds. The van der Waals surface area contributed by atoms with Gasteiger partial charge in [0.05, 0.1) is 0 Å². The highest BCUT2D eigenvalue weighted by atomic mass is 15.5. The van der Waals surface area contributed by atoms with Gasteiger partial charge in [-0.3, -0.25) is 5.01 Å². The molecule has 0 N–H and O–H groups in total. The molecule has 15 heavy (non-hydrogen) atoms. The van der Waals surface area contributed by atoms with Crippen molar-refractivity contribution >= 4 is 5.71 Å². The number of hydrogen-bond donors (Lipinski definition) is 0. The molecule has 0 fully saturated rings. The largest absolute Gasteiger partial charge is 0.294 e. The lowest BCUT2D eigenvalue weighted by atomic mass is 10.1. The van der Waals surface area contributed by atoms with Crippen molar-refractivity contribution in [2.75, 3.05) is 6.54 Å². The van der Waals surface area contributed by atoms with E-state index in [1.165, 1.54) is 11.3 Å². The SMILES string of the molecule is CC1=NN(CCc2ccccc2)C(C)C1. The molecule has 0 saturated heterocycles. The maximum absolute atomic E-state index is 4.53. The molecular formula is C13H18N2. The Bertz CT molecular complexity index is 343. The second kappa shape index (κ2) is 4.47. The van der Waals surface area contributed by atoms with Crippen molar-refractivity contribution in [3.63, 3.8) is 0 Å². The third-order valence-corrected chi connectivity index (χ3v) is 2.87. The zero-order valence-corrected chi connectivity index (χ0v) is 9.48. The zero-order valence-electron chi connectivity index (χ0n) is 9.48. The summed E-state index contributed by atoms with van der Waals surface area (Å²) in [5.74, 6) is 0. The summed E-state index contributed by atoms with van der Waals surface area (Å²) in [5, 5.41) is 6.75. The Labute approximate surface area is 91.6 Å². The molecule has 1 aliphatic heterocycles. The predicted octanol–water partition coefficient (Wildman–Crippen LogP) is 2.70. The summed E-state index contributed by atoms with van der Waals surface area (Å²) in [5.41, 5.74) is 2.65. The summed E-state index contributed by atoms with van der Waals surface area (Å²) >= 11 is 0. The normalized spacial score (nSPS) is 20.5. The van der Waals surface area contributed by atoms with Crippen LogP contribution in [0.3, 0.4) is 0 Å².